The number of halogens is 1. The van der Waals surface area contributed by atoms with Gasteiger partial charge in [-0.05, 0) is 27.4 Å². The Bertz CT molecular complexity index is 567. The number of hydrogen-bond donors (Lipinski definition) is 1. The molecule has 0 radical (unpaired) electrons. The van der Waals surface area contributed by atoms with Crippen LogP contribution < -0.4 is 9.47 Å². The van der Waals surface area contributed by atoms with Gasteiger partial charge in [0, 0.05) is 21.0 Å². The zero-order valence-electron chi connectivity index (χ0n) is 9.43. The SMILES string of the molecule is OC(c1cscc1Br)c1cccc2c1OCCO2. The number of fused-ring (bicyclic) bond motifs is 1. The van der Waals surface area contributed by atoms with Crippen molar-refractivity contribution in [3.05, 3.63) is 44.6 Å². The van der Waals surface area contributed by atoms with E-state index in [-0.39, 0.29) is 0 Å². The van der Waals surface area contributed by atoms with Gasteiger partial charge in [0.1, 0.15) is 19.3 Å². The van der Waals surface area contributed by atoms with Crippen LogP contribution in [0.25, 0.3) is 0 Å². The largest absolute Gasteiger partial charge is 0.486 e. The highest BCUT2D eigenvalue weighted by molar-refractivity contribution is 9.10. The number of thiophene rings is 1. The summed E-state index contributed by atoms with van der Waals surface area (Å²) in [5, 5.41) is 14.3. The molecule has 5 heteroatoms. The minimum absolute atomic E-state index is 0.515. The van der Waals surface area contributed by atoms with Gasteiger partial charge in [-0.1, -0.05) is 12.1 Å². The Morgan fingerprint density at radius 3 is 2.78 bits per heavy atom. The van der Waals surface area contributed by atoms with Gasteiger partial charge in [0.05, 0.1) is 0 Å². The van der Waals surface area contributed by atoms with E-state index in [4.69, 9.17) is 9.47 Å². The first-order valence-electron chi connectivity index (χ1n) is 5.55. The van der Waals surface area contributed by atoms with Crippen molar-refractivity contribution in [3.63, 3.8) is 0 Å². The van der Waals surface area contributed by atoms with Gasteiger partial charge in [0.25, 0.3) is 0 Å². The first-order chi connectivity index (χ1) is 8.77. The van der Waals surface area contributed by atoms with Crippen LogP contribution in [0.2, 0.25) is 0 Å². The Labute approximate surface area is 117 Å². The molecule has 2 aromatic rings. The van der Waals surface area contributed by atoms with Crippen LogP contribution in [-0.4, -0.2) is 18.3 Å². The smallest absolute Gasteiger partial charge is 0.167 e. The normalized spacial score (nSPS) is 15.4. The zero-order chi connectivity index (χ0) is 12.5. The summed E-state index contributed by atoms with van der Waals surface area (Å²) >= 11 is 4.99. The average Bonchev–Trinajstić information content (AvgIpc) is 2.83. The molecule has 94 valence electrons. The predicted octanol–water partition coefficient (Wildman–Crippen LogP) is 3.36. The fourth-order valence-electron chi connectivity index (χ4n) is 1.97. The number of ether oxygens (including phenoxy) is 2. The van der Waals surface area contributed by atoms with Gasteiger partial charge in [-0.2, -0.15) is 11.3 Å². The topological polar surface area (TPSA) is 38.7 Å². The zero-order valence-corrected chi connectivity index (χ0v) is 11.8. The maximum atomic E-state index is 10.5. The van der Waals surface area contributed by atoms with E-state index in [0.29, 0.717) is 24.7 Å². The summed E-state index contributed by atoms with van der Waals surface area (Å²) in [5.74, 6) is 1.35. The Hall–Kier alpha value is -1.04. The highest BCUT2D eigenvalue weighted by Gasteiger charge is 2.23. The average molecular weight is 327 g/mol. The molecule has 0 fully saturated rings. The van der Waals surface area contributed by atoms with Gasteiger partial charge in [0.2, 0.25) is 0 Å². The minimum Gasteiger partial charge on any atom is -0.486 e. The molecule has 1 aromatic carbocycles. The number of para-hydroxylation sites is 1. The lowest BCUT2D eigenvalue weighted by molar-refractivity contribution is 0.158. The number of aliphatic hydroxyl groups is 1. The van der Waals surface area contributed by atoms with Crippen LogP contribution in [0.3, 0.4) is 0 Å². The summed E-state index contributed by atoms with van der Waals surface area (Å²) in [6.07, 6.45) is -0.706. The summed E-state index contributed by atoms with van der Waals surface area (Å²) in [6.45, 7) is 1.07. The fourth-order valence-corrected chi connectivity index (χ4v) is 3.50. The molecule has 0 spiro atoms. The van der Waals surface area contributed by atoms with E-state index in [9.17, 15) is 5.11 Å². The molecule has 0 aliphatic carbocycles. The Kier molecular flexibility index (Phi) is 3.28. The summed E-state index contributed by atoms with van der Waals surface area (Å²) in [6, 6.07) is 5.59. The van der Waals surface area contributed by atoms with E-state index in [1.165, 1.54) is 0 Å². The molecular weight excluding hydrogens is 316 g/mol. The summed E-state index contributed by atoms with van der Waals surface area (Å²) < 4.78 is 12.0. The second-order valence-electron chi connectivity index (χ2n) is 3.95. The number of hydrogen-bond acceptors (Lipinski definition) is 4. The number of benzene rings is 1. The summed E-state index contributed by atoms with van der Waals surface area (Å²) in [7, 11) is 0. The Balaban J connectivity index is 2.04. The maximum absolute atomic E-state index is 10.5. The van der Waals surface area contributed by atoms with Crippen LogP contribution in [0.15, 0.2) is 33.4 Å². The van der Waals surface area contributed by atoms with Crippen molar-refractivity contribution in [1.29, 1.82) is 0 Å². The standard InChI is InChI=1S/C13H11BrO3S/c14-10-7-18-6-9(10)12(15)8-2-1-3-11-13(8)17-5-4-16-11/h1-3,6-7,12,15H,4-5H2. The van der Waals surface area contributed by atoms with Crippen LogP contribution >= 0.6 is 27.3 Å². The predicted molar refractivity (Wildman–Crippen MR) is 73.5 cm³/mol. The van der Waals surface area contributed by atoms with E-state index in [2.05, 4.69) is 15.9 Å². The molecule has 3 rings (SSSR count). The van der Waals surface area contributed by atoms with Gasteiger partial charge in [-0.3, -0.25) is 0 Å². The third-order valence-corrected chi connectivity index (χ3v) is 4.58. The van der Waals surface area contributed by atoms with Crippen molar-refractivity contribution in [3.8, 4) is 11.5 Å². The second kappa shape index (κ2) is 4.91. The molecule has 1 aliphatic heterocycles. The molecule has 1 unspecified atom stereocenters. The van der Waals surface area contributed by atoms with Crippen molar-refractivity contribution >= 4 is 27.3 Å². The quantitative estimate of drug-likeness (QED) is 0.919. The molecule has 1 N–H and O–H groups in total. The lowest BCUT2D eigenvalue weighted by Gasteiger charge is -2.23. The van der Waals surface area contributed by atoms with Crippen LogP contribution in [0.1, 0.15) is 17.2 Å². The molecule has 0 saturated carbocycles. The first kappa shape index (κ1) is 12.0. The van der Waals surface area contributed by atoms with Crippen molar-refractivity contribution in [2.45, 2.75) is 6.10 Å². The van der Waals surface area contributed by atoms with Gasteiger partial charge >= 0.3 is 0 Å². The third-order valence-electron chi connectivity index (χ3n) is 2.83. The molecule has 18 heavy (non-hydrogen) atoms. The molecule has 0 bridgehead atoms. The Morgan fingerprint density at radius 1 is 1.17 bits per heavy atom. The monoisotopic (exact) mass is 326 g/mol. The van der Waals surface area contributed by atoms with E-state index in [1.807, 2.05) is 29.0 Å². The molecular formula is C13H11BrO3S. The number of aliphatic hydroxyl groups excluding tert-OH is 1. The van der Waals surface area contributed by atoms with E-state index >= 15 is 0 Å². The van der Waals surface area contributed by atoms with Crippen LogP contribution in [0.5, 0.6) is 11.5 Å². The van der Waals surface area contributed by atoms with Crippen LogP contribution in [-0.2, 0) is 0 Å². The lowest BCUT2D eigenvalue weighted by Crippen LogP contribution is -2.17. The summed E-state index contributed by atoms with van der Waals surface area (Å²) in [4.78, 5) is 0. The maximum Gasteiger partial charge on any atom is 0.167 e. The van der Waals surface area contributed by atoms with Gasteiger partial charge in [0.15, 0.2) is 11.5 Å². The lowest BCUT2D eigenvalue weighted by atomic mass is 10.0. The van der Waals surface area contributed by atoms with E-state index < -0.39 is 6.10 Å². The highest BCUT2D eigenvalue weighted by atomic mass is 79.9. The van der Waals surface area contributed by atoms with Crippen molar-refractivity contribution < 1.29 is 14.6 Å². The molecule has 1 atom stereocenters. The third kappa shape index (κ3) is 2.02. The second-order valence-corrected chi connectivity index (χ2v) is 5.55. The molecule has 0 saturated heterocycles. The van der Waals surface area contributed by atoms with Crippen molar-refractivity contribution in [2.24, 2.45) is 0 Å². The first-order valence-corrected chi connectivity index (χ1v) is 7.29. The molecule has 1 aromatic heterocycles. The van der Waals surface area contributed by atoms with Gasteiger partial charge in [-0.25, -0.2) is 0 Å². The minimum atomic E-state index is -0.706. The van der Waals surface area contributed by atoms with E-state index in [0.717, 1.165) is 15.6 Å². The van der Waals surface area contributed by atoms with Gasteiger partial charge in [-0.15, -0.1) is 0 Å². The fraction of sp³-hybridized carbons (Fsp3) is 0.231. The summed E-state index contributed by atoms with van der Waals surface area (Å²) in [5.41, 5.74) is 1.59. The highest BCUT2D eigenvalue weighted by Crippen LogP contribution is 2.41. The van der Waals surface area contributed by atoms with Crippen molar-refractivity contribution in [1.82, 2.24) is 0 Å². The van der Waals surface area contributed by atoms with Gasteiger partial charge < -0.3 is 14.6 Å². The Morgan fingerprint density at radius 2 is 2.00 bits per heavy atom. The van der Waals surface area contributed by atoms with Crippen molar-refractivity contribution in [2.75, 3.05) is 13.2 Å². The molecule has 2 heterocycles. The molecule has 0 amide bonds. The van der Waals surface area contributed by atoms with Crippen LogP contribution in [0, 0.1) is 0 Å². The number of rotatable bonds is 2. The van der Waals surface area contributed by atoms with Crippen LogP contribution in [0.4, 0.5) is 0 Å². The van der Waals surface area contributed by atoms with E-state index in [1.54, 1.807) is 11.3 Å². The molecule has 1 aliphatic rings. The molecule has 3 nitrogen and oxygen atoms in total.